The number of rotatable bonds is 2. The van der Waals surface area contributed by atoms with E-state index in [1.807, 2.05) is 0 Å². The Morgan fingerprint density at radius 1 is 1.33 bits per heavy atom. The highest BCUT2D eigenvalue weighted by atomic mass is 19.4. The number of hydrogen-bond acceptors (Lipinski definition) is 3. The molecule has 0 atom stereocenters. The summed E-state index contributed by atoms with van der Waals surface area (Å²) in [6.07, 6.45) is -7.40. The van der Waals surface area contributed by atoms with Crippen LogP contribution in [0.15, 0.2) is 12.3 Å². The summed E-state index contributed by atoms with van der Waals surface area (Å²) in [5, 5.41) is 0. The molecule has 1 aromatic rings. The number of ether oxygens (including phenoxy) is 1. The maximum absolute atomic E-state index is 12.2. The van der Waals surface area contributed by atoms with Gasteiger partial charge in [-0.3, -0.25) is 4.98 Å². The molecule has 0 aliphatic rings. The standard InChI is InChI=1S/C7H5F5N2O/c8-6(9)4-5(15-7(10,11)12)3(13)1-2-14-4/h1-2,6H,(H2,13,14). The summed E-state index contributed by atoms with van der Waals surface area (Å²) in [6, 6.07) is 0.937. The number of halogens is 5. The van der Waals surface area contributed by atoms with Crippen molar-refractivity contribution in [3.8, 4) is 5.75 Å². The first-order valence-corrected chi connectivity index (χ1v) is 3.59. The second kappa shape index (κ2) is 3.87. The molecule has 0 bridgehead atoms. The number of hydrogen-bond donors (Lipinski definition) is 1. The van der Waals surface area contributed by atoms with Crippen LogP contribution in [-0.2, 0) is 0 Å². The van der Waals surface area contributed by atoms with E-state index in [9.17, 15) is 22.0 Å². The second-order valence-corrected chi connectivity index (χ2v) is 2.46. The van der Waals surface area contributed by atoms with Gasteiger partial charge in [0.1, 0.15) is 0 Å². The van der Waals surface area contributed by atoms with Gasteiger partial charge < -0.3 is 10.5 Å². The highest BCUT2D eigenvalue weighted by molar-refractivity contribution is 5.54. The van der Waals surface area contributed by atoms with E-state index in [0.717, 1.165) is 12.3 Å². The van der Waals surface area contributed by atoms with Gasteiger partial charge in [0.25, 0.3) is 6.43 Å². The summed E-state index contributed by atoms with van der Waals surface area (Å²) in [6.45, 7) is 0. The smallest absolute Gasteiger partial charge is 0.401 e. The van der Waals surface area contributed by atoms with E-state index in [1.54, 1.807) is 0 Å². The van der Waals surface area contributed by atoms with Gasteiger partial charge in [-0.25, -0.2) is 8.78 Å². The van der Waals surface area contributed by atoms with Gasteiger partial charge in [0, 0.05) is 6.20 Å². The molecular weight excluding hydrogens is 223 g/mol. The fourth-order valence-corrected chi connectivity index (χ4v) is 0.862. The number of aromatic nitrogens is 1. The van der Waals surface area contributed by atoms with Crippen LogP contribution in [0.3, 0.4) is 0 Å². The summed E-state index contributed by atoms with van der Waals surface area (Å²) in [4.78, 5) is 3.07. The average molecular weight is 228 g/mol. The molecular formula is C7H5F5N2O. The lowest BCUT2D eigenvalue weighted by Gasteiger charge is -2.13. The zero-order chi connectivity index (χ0) is 11.6. The van der Waals surface area contributed by atoms with Crippen molar-refractivity contribution in [1.82, 2.24) is 4.98 Å². The molecule has 1 heterocycles. The van der Waals surface area contributed by atoms with Crippen molar-refractivity contribution in [2.45, 2.75) is 12.8 Å². The van der Waals surface area contributed by atoms with E-state index in [4.69, 9.17) is 5.73 Å². The number of nitrogen functional groups attached to an aromatic ring is 1. The molecule has 1 aromatic heterocycles. The molecule has 0 saturated heterocycles. The van der Waals surface area contributed by atoms with Crippen molar-refractivity contribution >= 4 is 5.69 Å². The molecule has 0 aliphatic heterocycles. The van der Waals surface area contributed by atoms with Crippen molar-refractivity contribution in [1.29, 1.82) is 0 Å². The number of pyridine rings is 1. The molecule has 3 nitrogen and oxygen atoms in total. The van der Waals surface area contributed by atoms with Gasteiger partial charge in [-0.15, -0.1) is 13.2 Å². The monoisotopic (exact) mass is 228 g/mol. The Morgan fingerprint density at radius 3 is 2.40 bits per heavy atom. The van der Waals surface area contributed by atoms with Crippen LogP contribution < -0.4 is 10.5 Å². The molecule has 0 radical (unpaired) electrons. The summed E-state index contributed by atoms with van der Waals surface area (Å²) >= 11 is 0. The molecule has 15 heavy (non-hydrogen) atoms. The third kappa shape index (κ3) is 2.93. The van der Waals surface area contributed by atoms with Gasteiger partial charge in [0.15, 0.2) is 11.4 Å². The van der Waals surface area contributed by atoms with E-state index in [-0.39, 0.29) is 0 Å². The lowest BCUT2D eigenvalue weighted by Crippen LogP contribution is -2.19. The van der Waals surface area contributed by atoms with Crippen LogP contribution in [0, 0.1) is 0 Å². The van der Waals surface area contributed by atoms with Crippen molar-refractivity contribution in [2.75, 3.05) is 5.73 Å². The van der Waals surface area contributed by atoms with E-state index < -0.39 is 29.9 Å². The molecule has 0 unspecified atom stereocenters. The molecule has 84 valence electrons. The molecule has 0 aliphatic carbocycles. The third-order valence-electron chi connectivity index (χ3n) is 1.39. The number of anilines is 1. The van der Waals surface area contributed by atoms with Gasteiger partial charge >= 0.3 is 6.36 Å². The van der Waals surface area contributed by atoms with Gasteiger partial charge in [0.2, 0.25) is 0 Å². The Kier molecular flexibility index (Phi) is 2.96. The number of nitrogens with two attached hydrogens (primary N) is 1. The van der Waals surface area contributed by atoms with Gasteiger partial charge in [0.05, 0.1) is 5.69 Å². The van der Waals surface area contributed by atoms with E-state index in [0.29, 0.717) is 0 Å². The molecule has 2 N–H and O–H groups in total. The molecule has 0 spiro atoms. The maximum Gasteiger partial charge on any atom is 0.573 e. The minimum atomic E-state index is -5.08. The van der Waals surface area contributed by atoms with Crippen molar-refractivity contribution < 1.29 is 26.7 Å². The lowest BCUT2D eigenvalue weighted by atomic mass is 10.3. The molecule has 0 saturated carbocycles. The highest BCUT2D eigenvalue weighted by Crippen LogP contribution is 2.35. The summed E-state index contributed by atoms with van der Waals surface area (Å²) < 4.78 is 63.2. The van der Waals surface area contributed by atoms with E-state index >= 15 is 0 Å². The Balaban J connectivity index is 3.14. The molecule has 0 amide bonds. The summed E-state index contributed by atoms with van der Waals surface area (Å²) in [5.41, 5.74) is 3.39. The van der Waals surface area contributed by atoms with Crippen molar-refractivity contribution in [2.24, 2.45) is 0 Å². The predicted molar refractivity (Wildman–Crippen MR) is 40.3 cm³/mol. The lowest BCUT2D eigenvalue weighted by molar-refractivity contribution is -0.275. The predicted octanol–water partition coefficient (Wildman–Crippen LogP) is 2.50. The van der Waals surface area contributed by atoms with Crippen LogP contribution in [0.4, 0.5) is 27.6 Å². The molecule has 0 fully saturated rings. The van der Waals surface area contributed by atoms with Crippen LogP contribution in [0.1, 0.15) is 12.1 Å². The maximum atomic E-state index is 12.2. The third-order valence-corrected chi connectivity index (χ3v) is 1.39. The van der Waals surface area contributed by atoms with Crippen LogP contribution in [-0.4, -0.2) is 11.3 Å². The van der Waals surface area contributed by atoms with Gasteiger partial charge in [-0.1, -0.05) is 0 Å². The molecule has 0 aromatic carbocycles. The van der Waals surface area contributed by atoms with Crippen LogP contribution >= 0.6 is 0 Å². The van der Waals surface area contributed by atoms with Crippen molar-refractivity contribution in [3.05, 3.63) is 18.0 Å². The Morgan fingerprint density at radius 2 is 1.93 bits per heavy atom. The van der Waals surface area contributed by atoms with E-state index in [2.05, 4.69) is 9.72 Å². The van der Waals surface area contributed by atoms with Crippen molar-refractivity contribution in [3.63, 3.8) is 0 Å². The van der Waals surface area contributed by atoms with Crippen LogP contribution in [0.2, 0.25) is 0 Å². The zero-order valence-electron chi connectivity index (χ0n) is 7.05. The average Bonchev–Trinajstić information content (AvgIpc) is 2.05. The minimum absolute atomic E-state index is 0.544. The van der Waals surface area contributed by atoms with Gasteiger partial charge in [-0.2, -0.15) is 0 Å². The van der Waals surface area contributed by atoms with Gasteiger partial charge in [-0.05, 0) is 6.07 Å². The summed E-state index contributed by atoms with van der Waals surface area (Å²) in [7, 11) is 0. The molecule has 8 heteroatoms. The highest BCUT2D eigenvalue weighted by Gasteiger charge is 2.34. The van der Waals surface area contributed by atoms with Crippen LogP contribution in [0.5, 0.6) is 5.75 Å². The topological polar surface area (TPSA) is 48.1 Å². The largest absolute Gasteiger partial charge is 0.573 e. The SMILES string of the molecule is Nc1ccnc(C(F)F)c1OC(F)(F)F. The molecule has 1 rings (SSSR count). The number of alkyl halides is 5. The fourth-order valence-electron chi connectivity index (χ4n) is 0.862. The Hall–Kier alpha value is -1.60. The zero-order valence-corrected chi connectivity index (χ0v) is 7.05. The Bertz CT molecular complexity index is 352. The van der Waals surface area contributed by atoms with E-state index in [1.165, 1.54) is 0 Å². The summed E-state index contributed by atoms with van der Waals surface area (Å²) in [5.74, 6) is -1.15. The first-order valence-electron chi connectivity index (χ1n) is 3.59. The first-order chi connectivity index (χ1) is 6.81. The Labute approximate surface area is 80.7 Å². The second-order valence-electron chi connectivity index (χ2n) is 2.46. The van der Waals surface area contributed by atoms with Crippen LogP contribution in [0.25, 0.3) is 0 Å². The number of nitrogens with zero attached hydrogens (tertiary/aromatic N) is 1. The quantitative estimate of drug-likeness (QED) is 0.791. The minimum Gasteiger partial charge on any atom is -0.401 e. The normalized spacial score (nSPS) is 11.9. The fraction of sp³-hybridized carbons (Fsp3) is 0.286. The first kappa shape index (κ1) is 11.5.